The van der Waals surface area contributed by atoms with Crippen molar-refractivity contribution in [1.29, 1.82) is 0 Å². The lowest BCUT2D eigenvalue weighted by Crippen LogP contribution is -2.06. The van der Waals surface area contributed by atoms with E-state index in [1.54, 1.807) is 0 Å². The second-order valence-electron chi connectivity index (χ2n) is 3.84. The first-order chi connectivity index (χ1) is 4.45. The lowest BCUT2D eigenvalue weighted by atomic mass is 9.95. The van der Waals surface area contributed by atoms with Crippen molar-refractivity contribution in [3.05, 3.63) is 11.8 Å². The normalized spacial score (nSPS) is 13.8. The summed E-state index contributed by atoms with van der Waals surface area (Å²) in [5.74, 6) is 0. The van der Waals surface area contributed by atoms with E-state index in [2.05, 4.69) is 33.8 Å². The van der Waals surface area contributed by atoms with Gasteiger partial charge in [0.05, 0.1) is 0 Å². The molecule has 1 nitrogen and oxygen atoms in total. The summed E-state index contributed by atoms with van der Waals surface area (Å²) in [5.41, 5.74) is 6.99. The number of allylic oxidation sites excluding steroid dienone is 2. The molecule has 0 aliphatic heterocycles. The maximum Gasteiger partial charge on any atom is 0.00451 e. The van der Waals surface area contributed by atoms with Crippen molar-refractivity contribution in [2.24, 2.45) is 11.1 Å². The Bertz CT molecular complexity index is 117. The van der Waals surface area contributed by atoms with Gasteiger partial charge in [0.15, 0.2) is 0 Å². The number of hydrogen-bond acceptors (Lipinski definition) is 1. The monoisotopic (exact) mass is 141 g/mol. The molecule has 0 rings (SSSR count). The van der Waals surface area contributed by atoms with Crippen LogP contribution in [0.1, 0.15) is 40.5 Å². The summed E-state index contributed by atoms with van der Waals surface area (Å²) >= 11 is 0. The van der Waals surface area contributed by atoms with Crippen molar-refractivity contribution >= 4 is 0 Å². The van der Waals surface area contributed by atoms with Gasteiger partial charge >= 0.3 is 0 Å². The van der Waals surface area contributed by atoms with Crippen molar-refractivity contribution in [3.8, 4) is 0 Å². The smallest absolute Gasteiger partial charge is 0.00451 e. The molecule has 0 atom stereocenters. The van der Waals surface area contributed by atoms with E-state index in [0.29, 0.717) is 0 Å². The molecule has 0 aliphatic carbocycles. The van der Waals surface area contributed by atoms with Gasteiger partial charge in [0.2, 0.25) is 0 Å². The van der Waals surface area contributed by atoms with Crippen molar-refractivity contribution in [3.63, 3.8) is 0 Å². The van der Waals surface area contributed by atoms with Gasteiger partial charge in [0.1, 0.15) is 0 Å². The Kier molecular flexibility index (Phi) is 3.48. The Morgan fingerprint density at radius 2 is 1.90 bits per heavy atom. The van der Waals surface area contributed by atoms with Gasteiger partial charge in [0.25, 0.3) is 0 Å². The lowest BCUT2D eigenvalue weighted by molar-refractivity contribution is 0.536. The van der Waals surface area contributed by atoms with Crippen LogP contribution < -0.4 is 5.73 Å². The Hall–Kier alpha value is -0.460. The average molecular weight is 141 g/mol. The molecule has 0 aromatic heterocycles. The Morgan fingerprint density at radius 1 is 1.40 bits per heavy atom. The first-order valence-electron chi connectivity index (χ1n) is 3.93. The van der Waals surface area contributed by atoms with Crippen LogP contribution in [-0.4, -0.2) is 0 Å². The Morgan fingerprint density at radius 3 is 2.20 bits per heavy atom. The minimum atomic E-state index is 0.235. The zero-order valence-corrected chi connectivity index (χ0v) is 7.57. The Balaban J connectivity index is 3.90. The van der Waals surface area contributed by atoms with E-state index in [4.69, 9.17) is 5.73 Å². The van der Waals surface area contributed by atoms with Crippen molar-refractivity contribution in [2.45, 2.75) is 40.5 Å². The van der Waals surface area contributed by atoms with Gasteiger partial charge in [-0.15, -0.1) is 0 Å². The third-order valence-electron chi connectivity index (χ3n) is 1.16. The molecule has 0 heterocycles. The van der Waals surface area contributed by atoms with Gasteiger partial charge in [-0.1, -0.05) is 40.2 Å². The molecule has 0 saturated heterocycles. The van der Waals surface area contributed by atoms with Crippen LogP contribution in [0, 0.1) is 5.41 Å². The fourth-order valence-corrected chi connectivity index (χ4v) is 0.917. The standard InChI is InChI=1S/C9H19N/c1-5-6-8(10)7-9(2,3)4/h7H,5-6,10H2,1-4H3/b8-7+. The molecule has 0 radical (unpaired) electrons. The second-order valence-corrected chi connectivity index (χ2v) is 3.84. The summed E-state index contributed by atoms with van der Waals surface area (Å²) < 4.78 is 0. The van der Waals surface area contributed by atoms with E-state index in [9.17, 15) is 0 Å². The van der Waals surface area contributed by atoms with Crippen LogP contribution in [0.5, 0.6) is 0 Å². The molecule has 0 bridgehead atoms. The van der Waals surface area contributed by atoms with E-state index in [0.717, 1.165) is 18.5 Å². The van der Waals surface area contributed by atoms with E-state index in [1.807, 2.05) is 0 Å². The highest BCUT2D eigenvalue weighted by Crippen LogP contribution is 2.17. The van der Waals surface area contributed by atoms with E-state index < -0.39 is 0 Å². The summed E-state index contributed by atoms with van der Waals surface area (Å²) in [6, 6.07) is 0. The van der Waals surface area contributed by atoms with Crippen LogP contribution in [0.2, 0.25) is 0 Å². The van der Waals surface area contributed by atoms with Crippen LogP contribution in [0.15, 0.2) is 11.8 Å². The molecule has 60 valence electrons. The fraction of sp³-hybridized carbons (Fsp3) is 0.778. The zero-order chi connectivity index (χ0) is 8.20. The summed E-state index contributed by atoms with van der Waals surface area (Å²) in [6.07, 6.45) is 4.30. The predicted octanol–water partition coefficient (Wildman–Crippen LogP) is 2.68. The van der Waals surface area contributed by atoms with Gasteiger partial charge < -0.3 is 5.73 Å². The van der Waals surface area contributed by atoms with E-state index >= 15 is 0 Å². The lowest BCUT2D eigenvalue weighted by Gasteiger charge is -2.13. The fourth-order valence-electron chi connectivity index (χ4n) is 0.917. The maximum absolute atomic E-state index is 5.73. The minimum absolute atomic E-state index is 0.235. The summed E-state index contributed by atoms with van der Waals surface area (Å²) in [5, 5.41) is 0. The van der Waals surface area contributed by atoms with Crippen LogP contribution in [-0.2, 0) is 0 Å². The highest BCUT2D eigenvalue weighted by molar-refractivity contribution is 5.02. The van der Waals surface area contributed by atoms with Gasteiger partial charge in [0, 0.05) is 5.70 Å². The van der Waals surface area contributed by atoms with Crippen LogP contribution >= 0.6 is 0 Å². The predicted molar refractivity (Wildman–Crippen MR) is 46.6 cm³/mol. The highest BCUT2D eigenvalue weighted by Gasteiger charge is 2.05. The molecule has 0 aromatic rings. The van der Waals surface area contributed by atoms with Gasteiger partial charge in [-0.25, -0.2) is 0 Å². The SMILES string of the molecule is CCC/C(N)=C\C(C)(C)C. The molecule has 0 aromatic carbocycles. The summed E-state index contributed by atoms with van der Waals surface area (Å²) in [4.78, 5) is 0. The third-order valence-corrected chi connectivity index (χ3v) is 1.16. The minimum Gasteiger partial charge on any atom is -0.402 e. The van der Waals surface area contributed by atoms with Gasteiger partial charge in [-0.05, 0) is 11.8 Å². The molecule has 0 unspecified atom stereocenters. The quantitative estimate of drug-likeness (QED) is 0.628. The molecule has 0 fully saturated rings. The van der Waals surface area contributed by atoms with Crippen LogP contribution in [0.3, 0.4) is 0 Å². The van der Waals surface area contributed by atoms with Crippen molar-refractivity contribution < 1.29 is 0 Å². The van der Waals surface area contributed by atoms with Gasteiger partial charge in [-0.3, -0.25) is 0 Å². The first-order valence-corrected chi connectivity index (χ1v) is 3.93. The van der Waals surface area contributed by atoms with Gasteiger partial charge in [-0.2, -0.15) is 0 Å². The molecule has 0 amide bonds. The number of hydrogen-bond donors (Lipinski definition) is 1. The van der Waals surface area contributed by atoms with Crippen LogP contribution in [0.25, 0.3) is 0 Å². The number of nitrogens with two attached hydrogens (primary N) is 1. The first kappa shape index (κ1) is 9.54. The molecule has 1 heteroatoms. The second kappa shape index (κ2) is 3.65. The zero-order valence-electron chi connectivity index (χ0n) is 7.57. The molecule has 0 saturated carbocycles. The molecule has 0 aliphatic rings. The molecule has 0 spiro atoms. The average Bonchev–Trinajstić information content (AvgIpc) is 1.59. The van der Waals surface area contributed by atoms with E-state index in [-0.39, 0.29) is 5.41 Å². The maximum atomic E-state index is 5.73. The summed E-state index contributed by atoms with van der Waals surface area (Å²) in [7, 11) is 0. The Labute approximate surface area is 64.3 Å². The van der Waals surface area contributed by atoms with Crippen molar-refractivity contribution in [2.75, 3.05) is 0 Å². The summed E-state index contributed by atoms with van der Waals surface area (Å²) in [6.45, 7) is 8.63. The van der Waals surface area contributed by atoms with E-state index in [1.165, 1.54) is 0 Å². The molecule has 2 N–H and O–H groups in total. The highest BCUT2D eigenvalue weighted by atomic mass is 14.6. The molecular weight excluding hydrogens is 122 g/mol. The number of rotatable bonds is 2. The largest absolute Gasteiger partial charge is 0.402 e. The van der Waals surface area contributed by atoms with Crippen molar-refractivity contribution in [1.82, 2.24) is 0 Å². The molecule has 10 heavy (non-hydrogen) atoms. The molecular formula is C9H19N. The van der Waals surface area contributed by atoms with Crippen LogP contribution in [0.4, 0.5) is 0 Å². The third kappa shape index (κ3) is 5.67. The topological polar surface area (TPSA) is 26.0 Å².